The number of carboxylic acid groups (broad SMARTS) is 1. The summed E-state index contributed by atoms with van der Waals surface area (Å²) in [6.07, 6.45) is 3.26. The molecule has 0 aliphatic heterocycles. The van der Waals surface area contributed by atoms with E-state index in [1.54, 1.807) is 0 Å². The van der Waals surface area contributed by atoms with Gasteiger partial charge in [-0.3, -0.25) is 10.1 Å². The predicted molar refractivity (Wildman–Crippen MR) is 63.3 cm³/mol. The number of unbranched alkanes of at least 4 members (excludes halogenated alkanes) is 1. The van der Waals surface area contributed by atoms with Gasteiger partial charge in [-0.25, -0.2) is 9.78 Å². The minimum Gasteiger partial charge on any atom is -0.480 e. The van der Waals surface area contributed by atoms with Crippen LogP contribution >= 0.6 is 11.3 Å². The fraction of sp³-hybridized carbons (Fsp3) is 0.556. The van der Waals surface area contributed by atoms with Crippen molar-refractivity contribution in [1.82, 2.24) is 4.98 Å². The molecule has 0 saturated heterocycles. The Hall–Kier alpha value is -1.70. The van der Waals surface area contributed by atoms with Gasteiger partial charge in [0, 0.05) is 0 Å². The minimum absolute atomic E-state index is 0.105. The van der Waals surface area contributed by atoms with Crippen LogP contribution in [0.3, 0.4) is 0 Å². The first-order valence-electron chi connectivity index (χ1n) is 5.14. The highest BCUT2D eigenvalue weighted by Gasteiger charge is 2.19. The van der Waals surface area contributed by atoms with Gasteiger partial charge in [0.2, 0.25) is 0 Å². The van der Waals surface area contributed by atoms with Gasteiger partial charge < -0.3 is 10.4 Å². The molecule has 0 amide bonds. The molecule has 0 bridgehead atoms. The average molecular weight is 259 g/mol. The normalized spacial score (nSPS) is 12.1. The minimum atomic E-state index is -0.976. The topological polar surface area (TPSA) is 105 Å². The van der Waals surface area contributed by atoms with E-state index in [0.717, 1.165) is 30.4 Å². The molecule has 1 rings (SSSR count). The Bertz CT molecular complexity index is 407. The summed E-state index contributed by atoms with van der Waals surface area (Å²) in [5.74, 6) is -0.976. The van der Waals surface area contributed by atoms with E-state index in [-0.39, 0.29) is 10.1 Å². The van der Waals surface area contributed by atoms with Crippen LogP contribution in [0.4, 0.5) is 10.1 Å². The van der Waals surface area contributed by atoms with Crippen molar-refractivity contribution in [3.8, 4) is 0 Å². The SMILES string of the molecule is CCCC[C@H](Nc1ncc([N+](=O)[O-])s1)C(=O)O. The lowest BCUT2D eigenvalue weighted by Crippen LogP contribution is -2.28. The van der Waals surface area contributed by atoms with E-state index in [4.69, 9.17) is 5.11 Å². The van der Waals surface area contributed by atoms with Gasteiger partial charge in [-0.1, -0.05) is 19.8 Å². The molecular formula is C9H13N3O4S. The highest BCUT2D eigenvalue weighted by Crippen LogP contribution is 2.26. The fourth-order valence-corrected chi connectivity index (χ4v) is 1.92. The lowest BCUT2D eigenvalue weighted by atomic mass is 10.1. The number of carbonyl (C=O) groups is 1. The van der Waals surface area contributed by atoms with Crippen molar-refractivity contribution in [2.24, 2.45) is 0 Å². The number of nitrogens with zero attached hydrogens (tertiary/aromatic N) is 2. The van der Waals surface area contributed by atoms with E-state index < -0.39 is 16.9 Å². The number of carboxylic acids is 1. The van der Waals surface area contributed by atoms with Crippen molar-refractivity contribution in [3.05, 3.63) is 16.3 Å². The smallest absolute Gasteiger partial charge is 0.345 e. The maximum Gasteiger partial charge on any atom is 0.345 e. The van der Waals surface area contributed by atoms with E-state index in [1.807, 2.05) is 6.92 Å². The number of hydrogen-bond acceptors (Lipinski definition) is 6. The number of hydrogen-bond donors (Lipinski definition) is 2. The first kappa shape index (κ1) is 13.4. The van der Waals surface area contributed by atoms with Crippen LogP contribution in [0.2, 0.25) is 0 Å². The first-order valence-corrected chi connectivity index (χ1v) is 5.95. The molecule has 0 aliphatic rings. The molecule has 0 saturated carbocycles. The van der Waals surface area contributed by atoms with Crippen LogP contribution in [-0.2, 0) is 4.79 Å². The Kier molecular flexibility index (Phi) is 4.83. The van der Waals surface area contributed by atoms with Gasteiger partial charge in [-0.15, -0.1) is 0 Å². The lowest BCUT2D eigenvalue weighted by molar-refractivity contribution is -0.380. The molecule has 0 unspecified atom stereocenters. The summed E-state index contributed by atoms with van der Waals surface area (Å²) < 4.78 is 0. The number of aromatic nitrogens is 1. The van der Waals surface area contributed by atoms with Gasteiger partial charge in [0.25, 0.3) is 0 Å². The molecule has 0 aromatic carbocycles. The zero-order valence-electron chi connectivity index (χ0n) is 9.25. The highest BCUT2D eigenvalue weighted by atomic mass is 32.1. The Morgan fingerprint density at radius 1 is 1.76 bits per heavy atom. The monoisotopic (exact) mass is 259 g/mol. The summed E-state index contributed by atoms with van der Waals surface area (Å²) in [5, 5.41) is 22.2. The predicted octanol–water partition coefficient (Wildman–Crippen LogP) is 2.11. The van der Waals surface area contributed by atoms with Crippen molar-refractivity contribution < 1.29 is 14.8 Å². The van der Waals surface area contributed by atoms with E-state index in [0.29, 0.717) is 6.42 Å². The number of nitro groups is 1. The van der Waals surface area contributed by atoms with Crippen molar-refractivity contribution in [3.63, 3.8) is 0 Å². The van der Waals surface area contributed by atoms with Gasteiger partial charge in [-0.2, -0.15) is 0 Å². The molecule has 0 spiro atoms. The molecule has 8 heteroatoms. The van der Waals surface area contributed by atoms with E-state index >= 15 is 0 Å². The van der Waals surface area contributed by atoms with Crippen molar-refractivity contribution in [1.29, 1.82) is 0 Å². The fourth-order valence-electron chi connectivity index (χ4n) is 1.23. The molecule has 7 nitrogen and oxygen atoms in total. The second-order valence-corrected chi connectivity index (χ2v) is 4.45. The first-order chi connectivity index (χ1) is 8.04. The summed E-state index contributed by atoms with van der Waals surface area (Å²) in [7, 11) is 0. The quantitative estimate of drug-likeness (QED) is 0.573. The summed E-state index contributed by atoms with van der Waals surface area (Å²) in [4.78, 5) is 24.6. The molecule has 17 heavy (non-hydrogen) atoms. The van der Waals surface area contributed by atoms with Crippen molar-refractivity contribution >= 4 is 27.4 Å². The number of nitrogens with one attached hydrogen (secondary N) is 1. The maximum absolute atomic E-state index is 10.9. The third-order valence-corrected chi connectivity index (χ3v) is 3.00. The largest absolute Gasteiger partial charge is 0.480 e. The van der Waals surface area contributed by atoms with E-state index in [9.17, 15) is 14.9 Å². The van der Waals surface area contributed by atoms with Crippen LogP contribution in [0.15, 0.2) is 6.20 Å². The Morgan fingerprint density at radius 2 is 2.47 bits per heavy atom. The molecule has 0 radical (unpaired) electrons. The molecule has 1 aromatic rings. The van der Waals surface area contributed by atoms with Crippen LogP contribution in [0.25, 0.3) is 0 Å². The Labute approximate surface area is 102 Å². The maximum atomic E-state index is 10.9. The van der Waals surface area contributed by atoms with Crippen LogP contribution in [0.1, 0.15) is 26.2 Å². The van der Waals surface area contributed by atoms with Crippen LogP contribution < -0.4 is 5.32 Å². The molecule has 1 atom stereocenters. The molecule has 0 aliphatic carbocycles. The standard InChI is InChI=1S/C9H13N3O4S/c1-2-3-4-6(8(13)14)11-9-10-5-7(17-9)12(15)16/h5-6H,2-4H2,1H3,(H,10,11)(H,13,14)/t6-/m0/s1. The third kappa shape index (κ3) is 3.99. The summed E-state index contributed by atoms with van der Waals surface area (Å²) in [6.45, 7) is 1.97. The van der Waals surface area contributed by atoms with Gasteiger partial charge in [0.15, 0.2) is 5.13 Å². The molecule has 94 valence electrons. The van der Waals surface area contributed by atoms with Crippen LogP contribution in [-0.4, -0.2) is 27.0 Å². The number of thiazole rings is 1. The van der Waals surface area contributed by atoms with Gasteiger partial charge in [0.1, 0.15) is 12.2 Å². The Balaban J connectivity index is 2.65. The second-order valence-electron chi connectivity index (χ2n) is 3.44. The summed E-state index contributed by atoms with van der Waals surface area (Å²) in [6, 6.07) is -0.749. The van der Waals surface area contributed by atoms with E-state index in [1.165, 1.54) is 0 Å². The average Bonchev–Trinajstić information content (AvgIpc) is 2.72. The molecule has 0 fully saturated rings. The molecule has 2 N–H and O–H groups in total. The number of rotatable bonds is 7. The zero-order chi connectivity index (χ0) is 12.8. The molecule has 1 aromatic heterocycles. The summed E-state index contributed by atoms with van der Waals surface area (Å²) >= 11 is 0.836. The number of anilines is 1. The van der Waals surface area contributed by atoms with Crippen molar-refractivity contribution in [2.45, 2.75) is 32.2 Å². The van der Waals surface area contributed by atoms with Gasteiger partial charge >= 0.3 is 11.0 Å². The third-order valence-electron chi connectivity index (χ3n) is 2.12. The molecule has 1 heterocycles. The molecular weight excluding hydrogens is 246 g/mol. The van der Waals surface area contributed by atoms with Gasteiger partial charge in [-0.05, 0) is 17.8 Å². The van der Waals surface area contributed by atoms with Gasteiger partial charge in [0.05, 0.1) is 4.92 Å². The lowest BCUT2D eigenvalue weighted by Gasteiger charge is -2.12. The number of aliphatic carboxylic acids is 1. The van der Waals surface area contributed by atoms with E-state index in [2.05, 4.69) is 10.3 Å². The Morgan fingerprint density at radius 3 is 2.94 bits per heavy atom. The van der Waals surface area contributed by atoms with Crippen LogP contribution in [0, 0.1) is 10.1 Å². The van der Waals surface area contributed by atoms with Crippen molar-refractivity contribution in [2.75, 3.05) is 5.32 Å². The van der Waals surface area contributed by atoms with Crippen LogP contribution in [0.5, 0.6) is 0 Å². The zero-order valence-corrected chi connectivity index (χ0v) is 10.1. The second kappa shape index (κ2) is 6.14. The summed E-state index contributed by atoms with van der Waals surface area (Å²) in [5.41, 5.74) is 0. The highest BCUT2D eigenvalue weighted by molar-refractivity contribution is 7.18.